The maximum absolute atomic E-state index is 12.6. The van der Waals surface area contributed by atoms with Crippen molar-refractivity contribution >= 4 is 11.4 Å². The first kappa shape index (κ1) is 26.0. The van der Waals surface area contributed by atoms with E-state index in [9.17, 15) is 52.7 Å². The molecule has 0 aromatic heterocycles. The molecule has 0 bridgehead atoms. The van der Waals surface area contributed by atoms with Crippen molar-refractivity contribution in [2.45, 2.75) is 36.8 Å². The Morgan fingerprint density at radius 2 is 0.857 bits per heavy atom. The Balaban J connectivity index is 5.30. The SMILES string of the molecule is ON=C(C(NCCNC(C(=NO)C(F)(F)F)C(F)(F)F)C(F)(F)F)C(F)(F)F. The fourth-order valence-electron chi connectivity index (χ4n) is 1.72. The van der Waals surface area contributed by atoms with Crippen molar-refractivity contribution in [3.05, 3.63) is 0 Å². The first-order valence-electron chi connectivity index (χ1n) is 6.55. The van der Waals surface area contributed by atoms with E-state index in [1.54, 1.807) is 0 Å². The number of rotatable bonds is 7. The summed E-state index contributed by atoms with van der Waals surface area (Å²) in [5, 5.41) is 21.3. The van der Waals surface area contributed by atoms with Gasteiger partial charge in [-0.15, -0.1) is 0 Å². The van der Waals surface area contributed by atoms with Gasteiger partial charge in [-0.1, -0.05) is 10.3 Å². The Hall–Kier alpha value is -1.98. The molecule has 0 heterocycles. The lowest BCUT2D eigenvalue weighted by atomic mass is 10.1. The number of halogens is 12. The number of alkyl halides is 12. The second kappa shape index (κ2) is 9.01. The van der Waals surface area contributed by atoms with E-state index in [1.165, 1.54) is 10.3 Å². The van der Waals surface area contributed by atoms with Crippen molar-refractivity contribution in [1.82, 2.24) is 10.6 Å². The van der Waals surface area contributed by atoms with Gasteiger partial charge in [-0.3, -0.25) is 10.6 Å². The largest absolute Gasteiger partial charge is 0.434 e. The summed E-state index contributed by atoms with van der Waals surface area (Å²) in [6, 6.07) is -7.37. The van der Waals surface area contributed by atoms with Gasteiger partial charge < -0.3 is 10.4 Å². The minimum absolute atomic E-state index is 1.07. The summed E-state index contributed by atoms with van der Waals surface area (Å²) in [6.45, 7) is -2.77. The second-order valence-electron chi connectivity index (χ2n) is 4.82. The predicted molar refractivity (Wildman–Crippen MR) is 66.2 cm³/mol. The molecular weight excluding hydrogens is 436 g/mol. The highest BCUT2D eigenvalue weighted by Gasteiger charge is 2.54. The Kier molecular flexibility index (Phi) is 8.38. The van der Waals surface area contributed by atoms with Crippen LogP contribution < -0.4 is 10.6 Å². The highest BCUT2D eigenvalue weighted by Crippen LogP contribution is 2.30. The second-order valence-corrected chi connectivity index (χ2v) is 4.82. The van der Waals surface area contributed by atoms with Crippen molar-refractivity contribution in [3.63, 3.8) is 0 Å². The van der Waals surface area contributed by atoms with Crippen LogP contribution in [0.1, 0.15) is 0 Å². The molecule has 4 N–H and O–H groups in total. The van der Waals surface area contributed by atoms with Gasteiger partial charge in [0.1, 0.15) is 0 Å². The van der Waals surface area contributed by atoms with E-state index in [0.717, 1.165) is 10.6 Å². The lowest BCUT2D eigenvalue weighted by Crippen LogP contribution is -2.57. The zero-order chi connectivity index (χ0) is 22.6. The van der Waals surface area contributed by atoms with Crippen LogP contribution in [0.4, 0.5) is 52.7 Å². The lowest BCUT2D eigenvalue weighted by Gasteiger charge is -2.26. The smallest absolute Gasteiger partial charge is 0.411 e. The van der Waals surface area contributed by atoms with Gasteiger partial charge in [0.15, 0.2) is 23.5 Å². The minimum Gasteiger partial charge on any atom is -0.411 e. The summed E-state index contributed by atoms with van der Waals surface area (Å²) in [7, 11) is 0. The molecule has 0 amide bonds. The zero-order valence-electron chi connectivity index (χ0n) is 12.9. The average Bonchev–Trinajstić information content (AvgIpc) is 2.44. The molecule has 18 heteroatoms. The molecule has 0 saturated heterocycles. The first-order chi connectivity index (χ1) is 12.4. The molecule has 0 fully saturated rings. The molecule has 0 radical (unpaired) electrons. The number of hydrogen-bond donors (Lipinski definition) is 4. The molecule has 2 unspecified atom stereocenters. The number of nitrogens with one attached hydrogen (secondary N) is 2. The number of oxime groups is 2. The molecule has 28 heavy (non-hydrogen) atoms. The third-order valence-corrected chi connectivity index (χ3v) is 2.82. The molecular formula is C10H10F12N4O2. The van der Waals surface area contributed by atoms with Gasteiger partial charge in [0.2, 0.25) is 0 Å². The zero-order valence-corrected chi connectivity index (χ0v) is 12.9. The van der Waals surface area contributed by atoms with Crippen molar-refractivity contribution in [2.24, 2.45) is 10.3 Å². The monoisotopic (exact) mass is 446 g/mol. The summed E-state index contributed by atoms with van der Waals surface area (Å²) in [5.41, 5.74) is -5.56. The van der Waals surface area contributed by atoms with Crippen LogP contribution in [0, 0.1) is 0 Å². The molecule has 0 aliphatic heterocycles. The van der Waals surface area contributed by atoms with Crippen LogP contribution in [-0.4, -0.2) is 71.7 Å². The van der Waals surface area contributed by atoms with E-state index in [1.807, 2.05) is 0 Å². The summed E-state index contributed by atoms with van der Waals surface area (Å²) in [4.78, 5) is 0. The molecule has 0 spiro atoms. The van der Waals surface area contributed by atoms with Gasteiger partial charge in [0.25, 0.3) is 0 Å². The molecule has 0 aromatic rings. The third kappa shape index (κ3) is 7.56. The molecule has 0 aromatic carbocycles. The Morgan fingerprint density at radius 3 is 1.00 bits per heavy atom. The van der Waals surface area contributed by atoms with E-state index in [2.05, 4.69) is 0 Å². The molecule has 0 aliphatic rings. The number of nitrogens with zero attached hydrogens (tertiary/aromatic N) is 2. The maximum Gasteiger partial charge on any atom is 0.434 e. The Labute approximate surface area is 146 Å². The standard InChI is InChI=1S/C10H10F12N4O2/c11-7(12,13)3(5(25-27)9(17,18)19)23-1-2-24-4(8(14,15)16)6(26-28)10(20,21)22/h3-4,23-24,27-28H,1-2H2. The van der Waals surface area contributed by atoms with Gasteiger partial charge in [-0.05, 0) is 0 Å². The third-order valence-electron chi connectivity index (χ3n) is 2.82. The fraction of sp³-hybridized carbons (Fsp3) is 0.800. The molecule has 0 rings (SSSR count). The van der Waals surface area contributed by atoms with Crippen LogP contribution in [0.5, 0.6) is 0 Å². The summed E-state index contributed by atoms with van der Waals surface area (Å²) < 4.78 is 150. The van der Waals surface area contributed by atoms with Gasteiger partial charge in [-0.2, -0.15) is 52.7 Å². The van der Waals surface area contributed by atoms with E-state index in [4.69, 9.17) is 10.4 Å². The first-order valence-corrected chi connectivity index (χ1v) is 6.55. The van der Waals surface area contributed by atoms with Crippen molar-refractivity contribution in [3.8, 4) is 0 Å². The van der Waals surface area contributed by atoms with Crippen LogP contribution in [-0.2, 0) is 0 Å². The molecule has 166 valence electrons. The Bertz CT molecular complexity index is 513. The van der Waals surface area contributed by atoms with E-state index in [-0.39, 0.29) is 0 Å². The normalized spacial score (nSPS) is 17.6. The van der Waals surface area contributed by atoms with Crippen LogP contribution in [0.3, 0.4) is 0 Å². The number of hydrogen-bond acceptors (Lipinski definition) is 6. The summed E-state index contributed by atoms with van der Waals surface area (Å²) >= 11 is 0. The minimum atomic E-state index is -5.78. The van der Waals surface area contributed by atoms with Crippen LogP contribution in [0.15, 0.2) is 10.3 Å². The van der Waals surface area contributed by atoms with Crippen molar-refractivity contribution < 1.29 is 63.1 Å². The van der Waals surface area contributed by atoms with Gasteiger partial charge in [0.05, 0.1) is 0 Å². The fourth-order valence-corrected chi connectivity index (χ4v) is 1.72. The van der Waals surface area contributed by atoms with Gasteiger partial charge >= 0.3 is 24.7 Å². The molecule has 2 atom stereocenters. The van der Waals surface area contributed by atoms with E-state index >= 15 is 0 Å². The predicted octanol–water partition coefficient (Wildman–Crippen LogP) is 2.81. The molecule has 0 aliphatic carbocycles. The highest BCUT2D eigenvalue weighted by atomic mass is 19.4. The van der Waals surface area contributed by atoms with Crippen molar-refractivity contribution in [2.75, 3.05) is 13.1 Å². The van der Waals surface area contributed by atoms with Gasteiger partial charge in [0, 0.05) is 13.1 Å². The summed E-state index contributed by atoms with van der Waals surface area (Å²) in [6.07, 6.45) is -23.0. The van der Waals surface area contributed by atoms with E-state index in [0.29, 0.717) is 0 Å². The Morgan fingerprint density at radius 1 is 0.607 bits per heavy atom. The lowest BCUT2D eigenvalue weighted by molar-refractivity contribution is -0.152. The maximum atomic E-state index is 12.6. The van der Waals surface area contributed by atoms with E-state index < -0.39 is 61.3 Å². The topological polar surface area (TPSA) is 89.2 Å². The highest BCUT2D eigenvalue weighted by molar-refractivity contribution is 5.95. The van der Waals surface area contributed by atoms with Crippen molar-refractivity contribution in [1.29, 1.82) is 0 Å². The van der Waals surface area contributed by atoms with Crippen LogP contribution in [0.2, 0.25) is 0 Å². The molecule has 0 saturated carbocycles. The van der Waals surface area contributed by atoms with Gasteiger partial charge in [-0.25, -0.2) is 0 Å². The van der Waals surface area contributed by atoms with Crippen LogP contribution in [0.25, 0.3) is 0 Å². The quantitative estimate of drug-likeness (QED) is 0.159. The molecule has 6 nitrogen and oxygen atoms in total. The average molecular weight is 446 g/mol. The van der Waals surface area contributed by atoms with Crippen LogP contribution >= 0.6 is 0 Å². The summed E-state index contributed by atoms with van der Waals surface area (Å²) in [5.74, 6) is 0.